The second-order valence-corrected chi connectivity index (χ2v) is 13.3. The fourth-order valence-corrected chi connectivity index (χ4v) is 6.15. The van der Waals surface area contributed by atoms with Crippen molar-refractivity contribution in [3.8, 4) is 35.5 Å². The summed E-state index contributed by atoms with van der Waals surface area (Å²) in [6.07, 6.45) is 6.80. The van der Waals surface area contributed by atoms with Crippen LogP contribution in [0.4, 0.5) is 15.8 Å². The van der Waals surface area contributed by atoms with Gasteiger partial charge in [0.1, 0.15) is 28.8 Å². The number of benzene rings is 3. The van der Waals surface area contributed by atoms with Crippen LogP contribution in [0.1, 0.15) is 26.6 Å². The van der Waals surface area contributed by atoms with E-state index in [1.54, 1.807) is 42.5 Å². The molecule has 3 aromatic carbocycles. The van der Waals surface area contributed by atoms with Gasteiger partial charge in [-0.25, -0.2) is 24.1 Å². The summed E-state index contributed by atoms with van der Waals surface area (Å²) >= 11 is 7.15. The number of aliphatic carboxylic acids is 1. The molecule has 2 aliphatic heterocycles. The molecule has 0 bridgehead atoms. The Kier molecular flexibility index (Phi) is 9.72. The van der Waals surface area contributed by atoms with Crippen LogP contribution in [0.25, 0.3) is 11.0 Å². The predicted molar refractivity (Wildman–Crippen MR) is 185 cm³/mol. The summed E-state index contributed by atoms with van der Waals surface area (Å²) in [5.74, 6) is 3.22. The maximum Gasteiger partial charge on any atom is 0.344 e. The summed E-state index contributed by atoms with van der Waals surface area (Å²) in [4.78, 5) is 37.9. The van der Waals surface area contributed by atoms with Gasteiger partial charge in [0, 0.05) is 35.6 Å². The molecule has 15 heteroatoms. The summed E-state index contributed by atoms with van der Waals surface area (Å²) in [7, 11) is 0. The van der Waals surface area contributed by atoms with E-state index >= 15 is 0 Å². The van der Waals surface area contributed by atoms with Crippen LogP contribution in [0, 0.1) is 23.6 Å². The van der Waals surface area contributed by atoms with Gasteiger partial charge in [-0.05, 0) is 60.9 Å². The SMILES string of the molecule is C#CCN1C(=O)COc2cc(F)c(/N=c3\snc4n3CC(C)(C)C4)cc21.CC(Oc1ccc(Oc2cnc3cc(Cl)ccc3n2)cc1)C(=O)O. The molecule has 2 aliphatic rings. The largest absolute Gasteiger partial charge is 0.481 e. The molecule has 5 aromatic rings. The molecule has 256 valence electrons. The third-order valence-corrected chi connectivity index (χ3v) is 8.64. The number of carboxylic acid groups (broad SMARTS) is 1. The van der Waals surface area contributed by atoms with E-state index < -0.39 is 17.9 Å². The second-order valence-electron chi connectivity index (χ2n) is 12.2. The van der Waals surface area contributed by atoms with Crippen molar-refractivity contribution in [3.05, 3.63) is 82.3 Å². The first-order valence-electron chi connectivity index (χ1n) is 15.3. The Morgan fingerprint density at radius 2 is 1.96 bits per heavy atom. The number of fused-ring (bicyclic) bond motifs is 3. The topological polar surface area (TPSA) is 141 Å². The molecule has 1 amide bonds. The number of hydrogen-bond acceptors (Lipinski definition) is 10. The summed E-state index contributed by atoms with van der Waals surface area (Å²) < 4.78 is 37.2. The Morgan fingerprint density at radius 1 is 1.20 bits per heavy atom. The van der Waals surface area contributed by atoms with Crippen LogP contribution in [0.2, 0.25) is 5.02 Å². The van der Waals surface area contributed by atoms with E-state index in [2.05, 4.69) is 39.1 Å². The van der Waals surface area contributed by atoms with Crippen molar-refractivity contribution in [2.45, 2.75) is 39.8 Å². The van der Waals surface area contributed by atoms with Gasteiger partial charge in [0.05, 0.1) is 29.5 Å². The van der Waals surface area contributed by atoms with Crippen molar-refractivity contribution in [1.29, 1.82) is 0 Å². The second kappa shape index (κ2) is 14.1. The Hall–Kier alpha value is -5.52. The van der Waals surface area contributed by atoms with Crippen LogP contribution in [0.15, 0.2) is 65.8 Å². The Bertz CT molecular complexity index is 2210. The Balaban J connectivity index is 0.000000174. The molecular formula is C35H30ClFN6O6S. The third kappa shape index (κ3) is 7.69. The Labute approximate surface area is 294 Å². The number of carbonyl (C=O) groups excluding carboxylic acids is 1. The van der Waals surface area contributed by atoms with E-state index in [4.69, 9.17) is 37.3 Å². The lowest BCUT2D eigenvalue weighted by Crippen LogP contribution is -2.39. The normalized spacial score (nSPS) is 15.2. The number of aromatic nitrogens is 4. The molecule has 4 heterocycles. The predicted octanol–water partition coefficient (Wildman–Crippen LogP) is 6.18. The van der Waals surface area contributed by atoms with E-state index in [9.17, 15) is 14.0 Å². The molecule has 7 rings (SSSR count). The maximum absolute atomic E-state index is 14.5. The lowest BCUT2D eigenvalue weighted by molar-refractivity contribution is -0.144. The number of ether oxygens (including phenoxy) is 3. The molecule has 2 aromatic heterocycles. The third-order valence-electron chi connectivity index (χ3n) is 7.62. The fraction of sp³-hybridized carbons (Fsp3) is 0.257. The highest BCUT2D eigenvalue weighted by molar-refractivity contribution is 7.02. The molecule has 0 saturated carbocycles. The minimum Gasteiger partial charge on any atom is -0.481 e. The van der Waals surface area contributed by atoms with Crippen LogP contribution in [0.3, 0.4) is 0 Å². The van der Waals surface area contributed by atoms with Crippen molar-refractivity contribution >= 4 is 57.4 Å². The quantitative estimate of drug-likeness (QED) is 0.195. The summed E-state index contributed by atoms with van der Waals surface area (Å²) in [6.45, 7) is 6.52. The monoisotopic (exact) mass is 716 g/mol. The first-order chi connectivity index (χ1) is 23.9. The zero-order chi connectivity index (χ0) is 35.6. The van der Waals surface area contributed by atoms with Gasteiger partial charge < -0.3 is 23.9 Å². The van der Waals surface area contributed by atoms with E-state index in [1.807, 2.05) is 4.57 Å². The standard InChI is InChI=1S/C18H17FN4O2S.C17H13ClN2O4/c1-4-5-22-13-7-12(11(19)6-14(13)25-9-16(22)24)20-17-23-10-18(2,3)8-15(23)21-26-17;1-10(17(21)22)23-12-3-5-13(6-4-12)24-16-9-19-15-8-11(18)2-7-14(15)20-16/h1,6-7H,5,8-10H2,2-3H3;2-10H,1H3,(H,21,22)/b20-17-;. The molecule has 0 radical (unpaired) electrons. The van der Waals surface area contributed by atoms with Crippen LogP contribution < -0.4 is 23.9 Å². The molecule has 1 atom stereocenters. The van der Waals surface area contributed by atoms with E-state index in [1.165, 1.54) is 41.7 Å². The van der Waals surface area contributed by atoms with Gasteiger partial charge in [0.15, 0.2) is 18.5 Å². The van der Waals surface area contributed by atoms with Gasteiger partial charge in [-0.15, -0.1) is 6.42 Å². The number of carbonyl (C=O) groups is 2. The van der Waals surface area contributed by atoms with Crippen molar-refractivity contribution in [2.75, 3.05) is 18.1 Å². The van der Waals surface area contributed by atoms with Gasteiger partial charge in [-0.1, -0.05) is 31.4 Å². The number of terminal acetylenes is 1. The Morgan fingerprint density at radius 3 is 2.70 bits per heavy atom. The van der Waals surface area contributed by atoms with Crippen LogP contribution in [-0.2, 0) is 22.6 Å². The molecule has 1 unspecified atom stereocenters. The number of anilines is 1. The van der Waals surface area contributed by atoms with Gasteiger partial charge in [-0.2, -0.15) is 4.37 Å². The molecule has 12 nitrogen and oxygen atoms in total. The highest BCUT2D eigenvalue weighted by Crippen LogP contribution is 2.37. The van der Waals surface area contributed by atoms with Crippen molar-refractivity contribution < 1.29 is 33.3 Å². The average molecular weight is 717 g/mol. The van der Waals surface area contributed by atoms with Crippen LogP contribution in [0.5, 0.6) is 23.1 Å². The van der Waals surface area contributed by atoms with Crippen molar-refractivity contribution in [2.24, 2.45) is 10.4 Å². The van der Waals surface area contributed by atoms with Gasteiger partial charge >= 0.3 is 5.97 Å². The lowest BCUT2D eigenvalue weighted by atomic mass is 9.92. The highest BCUT2D eigenvalue weighted by Gasteiger charge is 2.31. The molecule has 1 N–H and O–H groups in total. The van der Waals surface area contributed by atoms with E-state index in [-0.39, 0.29) is 30.2 Å². The van der Waals surface area contributed by atoms with Gasteiger partial charge in [-0.3, -0.25) is 9.69 Å². The fourth-order valence-electron chi connectivity index (χ4n) is 5.22. The number of amides is 1. The summed E-state index contributed by atoms with van der Waals surface area (Å²) in [5.41, 5.74) is 2.03. The molecular weight excluding hydrogens is 687 g/mol. The van der Waals surface area contributed by atoms with Crippen LogP contribution >= 0.6 is 23.1 Å². The number of nitrogens with zero attached hydrogens (tertiary/aromatic N) is 6. The number of carboxylic acids is 1. The maximum atomic E-state index is 14.5. The lowest BCUT2D eigenvalue weighted by Gasteiger charge is -2.28. The number of halogens is 2. The highest BCUT2D eigenvalue weighted by atomic mass is 35.5. The minimum absolute atomic E-state index is 0.0964. The zero-order valence-electron chi connectivity index (χ0n) is 27.1. The van der Waals surface area contributed by atoms with E-state index in [0.29, 0.717) is 49.7 Å². The summed E-state index contributed by atoms with van der Waals surface area (Å²) in [5, 5.41) is 9.42. The van der Waals surface area contributed by atoms with Crippen molar-refractivity contribution in [3.63, 3.8) is 0 Å². The number of hydrogen-bond donors (Lipinski definition) is 1. The van der Waals surface area contributed by atoms with Gasteiger partial charge in [0.2, 0.25) is 10.7 Å². The number of rotatable bonds is 7. The molecule has 0 saturated heterocycles. The minimum atomic E-state index is -1.03. The van der Waals surface area contributed by atoms with Crippen molar-refractivity contribution in [1.82, 2.24) is 18.9 Å². The molecule has 0 aliphatic carbocycles. The zero-order valence-corrected chi connectivity index (χ0v) is 28.7. The van der Waals surface area contributed by atoms with Crippen LogP contribution in [-0.4, -0.2) is 55.1 Å². The molecule has 50 heavy (non-hydrogen) atoms. The first-order valence-corrected chi connectivity index (χ1v) is 16.4. The molecule has 0 spiro atoms. The van der Waals surface area contributed by atoms with Gasteiger partial charge in [0.25, 0.3) is 5.91 Å². The molecule has 0 fully saturated rings. The first kappa shape index (κ1) is 34.3. The van der Waals surface area contributed by atoms with E-state index in [0.717, 1.165) is 18.8 Å². The average Bonchev–Trinajstić information content (AvgIpc) is 3.59. The summed E-state index contributed by atoms with van der Waals surface area (Å²) in [6, 6.07) is 14.6. The smallest absolute Gasteiger partial charge is 0.344 e.